The number of carbonyl (C=O) groups excluding carboxylic acids is 1. The summed E-state index contributed by atoms with van der Waals surface area (Å²) in [6, 6.07) is 10.8. The smallest absolute Gasteiger partial charge is 0.354 e. The van der Waals surface area contributed by atoms with Gasteiger partial charge in [-0.15, -0.1) is 0 Å². The number of hydrogen-bond donors (Lipinski definition) is 1. The number of aromatic carboxylic acids is 1. The van der Waals surface area contributed by atoms with Crippen LogP contribution in [-0.2, 0) is 13.5 Å². The Labute approximate surface area is 299 Å². The summed E-state index contributed by atoms with van der Waals surface area (Å²) >= 11 is 13.4. The number of halogens is 2. The summed E-state index contributed by atoms with van der Waals surface area (Å²) in [6.07, 6.45) is 4.57. The van der Waals surface area contributed by atoms with Crippen molar-refractivity contribution in [3.8, 4) is 16.9 Å². The van der Waals surface area contributed by atoms with E-state index < -0.39 is 5.97 Å². The Morgan fingerprint density at radius 3 is 2.40 bits per heavy atom. The van der Waals surface area contributed by atoms with E-state index in [1.54, 1.807) is 17.3 Å². The molecule has 1 amide bonds. The maximum Gasteiger partial charge on any atom is 0.354 e. The monoisotopic (exact) mass is 710 g/mol. The van der Waals surface area contributed by atoms with Gasteiger partial charge in [0.2, 0.25) is 0 Å². The number of carboxylic acid groups (broad SMARTS) is 1. The fourth-order valence-electron chi connectivity index (χ4n) is 7.31. The first-order chi connectivity index (χ1) is 23.9. The molecule has 1 aliphatic heterocycles. The predicted octanol–water partition coefficient (Wildman–Crippen LogP) is 8.46. The van der Waals surface area contributed by atoms with Crippen molar-refractivity contribution in [1.82, 2.24) is 24.1 Å². The molecule has 10 nitrogen and oxygen atoms in total. The van der Waals surface area contributed by atoms with Gasteiger partial charge in [0.05, 0.1) is 28.4 Å². The van der Waals surface area contributed by atoms with Crippen molar-refractivity contribution in [3.63, 3.8) is 0 Å². The lowest BCUT2D eigenvalue weighted by Crippen LogP contribution is -2.42. The molecule has 50 heavy (non-hydrogen) atoms. The van der Waals surface area contributed by atoms with Gasteiger partial charge in [0, 0.05) is 58.8 Å². The number of ether oxygens (including phenoxy) is 1. The second kappa shape index (κ2) is 12.8. The number of anilines is 1. The average Bonchev–Trinajstić information content (AvgIpc) is 3.59. The lowest BCUT2D eigenvalue weighted by molar-refractivity contribution is 0.0690. The number of aromatic nitrogens is 5. The Bertz CT molecular complexity index is 2340. The van der Waals surface area contributed by atoms with E-state index in [2.05, 4.69) is 26.4 Å². The Balaban J connectivity index is 1.38. The highest BCUT2D eigenvalue weighted by atomic mass is 35.5. The summed E-state index contributed by atoms with van der Waals surface area (Å²) in [6.45, 7) is 10.6. The number of hydrogen-bond acceptors (Lipinski definition) is 6. The maximum absolute atomic E-state index is 14.9. The van der Waals surface area contributed by atoms with Gasteiger partial charge in [-0.2, -0.15) is 0 Å². The highest BCUT2D eigenvalue weighted by molar-refractivity contribution is 6.35. The summed E-state index contributed by atoms with van der Waals surface area (Å²) in [5, 5.41) is 11.9. The molecule has 4 aromatic heterocycles. The summed E-state index contributed by atoms with van der Waals surface area (Å²) in [5.74, 6) is -0.583. The van der Waals surface area contributed by atoms with Gasteiger partial charge in [-0.25, -0.2) is 19.7 Å². The standard InChI is InChI=1S/C38H36Cl2N6O4/c1-19-14-24(15-20(2)33(19)40)50-13-7-8-25-26-9-10-27(39)32(31-22(4)41-18-42-23(31)5)35(26)46-21(3)16-45(37(47)36(25)46)30-17-44(6)29-12-11-28(38(48)49)43-34(29)30/h9-12,14-15,17-18,21H,7-8,13,16H2,1-6H3,(H,48,49)/t21-/m1/s1. The minimum absolute atomic E-state index is 0.0848. The Hall–Kier alpha value is -4.93. The van der Waals surface area contributed by atoms with Crippen LogP contribution in [0.1, 0.15) is 68.4 Å². The topological polar surface area (TPSA) is 115 Å². The fraction of sp³-hybridized carbons (Fsp3) is 0.289. The number of carboxylic acids is 1. The zero-order valence-electron chi connectivity index (χ0n) is 28.6. The van der Waals surface area contributed by atoms with Gasteiger partial charge >= 0.3 is 5.97 Å². The molecule has 1 aliphatic rings. The van der Waals surface area contributed by atoms with Gasteiger partial charge in [-0.3, -0.25) is 4.79 Å². The van der Waals surface area contributed by atoms with Gasteiger partial charge in [-0.1, -0.05) is 29.3 Å². The molecule has 0 spiro atoms. The number of benzene rings is 2. The normalized spacial score (nSPS) is 14.5. The molecule has 12 heteroatoms. The molecule has 0 saturated heterocycles. The molecule has 0 fully saturated rings. The van der Waals surface area contributed by atoms with Gasteiger partial charge in [0.25, 0.3) is 5.91 Å². The first-order valence-corrected chi connectivity index (χ1v) is 17.2. The Morgan fingerprint density at radius 1 is 1.02 bits per heavy atom. The molecular formula is C38H36Cl2N6O4. The zero-order valence-corrected chi connectivity index (χ0v) is 30.1. The van der Waals surface area contributed by atoms with Gasteiger partial charge in [0.1, 0.15) is 29.0 Å². The van der Waals surface area contributed by atoms with E-state index >= 15 is 0 Å². The Kier molecular flexibility index (Phi) is 8.56. The van der Waals surface area contributed by atoms with E-state index in [1.807, 2.05) is 69.8 Å². The van der Waals surface area contributed by atoms with Crippen LogP contribution in [0, 0.1) is 27.7 Å². The first-order valence-electron chi connectivity index (χ1n) is 16.4. The second-order valence-electron chi connectivity index (χ2n) is 13.0. The third kappa shape index (κ3) is 5.47. The van der Waals surface area contributed by atoms with Gasteiger partial charge in [0.15, 0.2) is 0 Å². The van der Waals surface area contributed by atoms with Crippen molar-refractivity contribution in [2.45, 2.75) is 53.5 Å². The van der Waals surface area contributed by atoms with E-state index in [4.69, 9.17) is 27.9 Å². The Morgan fingerprint density at radius 2 is 1.72 bits per heavy atom. The predicted molar refractivity (Wildman–Crippen MR) is 196 cm³/mol. The maximum atomic E-state index is 14.9. The van der Waals surface area contributed by atoms with Crippen LogP contribution < -0.4 is 9.64 Å². The quantitative estimate of drug-likeness (QED) is 0.158. The molecule has 1 N–H and O–H groups in total. The number of nitrogens with zero attached hydrogens (tertiary/aromatic N) is 6. The van der Waals surface area contributed by atoms with Crippen LogP contribution in [0.15, 0.2) is 48.9 Å². The molecule has 1 atom stereocenters. The molecule has 0 unspecified atom stereocenters. The number of carbonyl (C=O) groups is 2. The van der Waals surface area contributed by atoms with E-state index in [0.29, 0.717) is 47.9 Å². The summed E-state index contributed by atoms with van der Waals surface area (Å²) < 4.78 is 10.2. The zero-order chi connectivity index (χ0) is 35.6. The van der Waals surface area contributed by atoms with Crippen LogP contribution in [0.3, 0.4) is 0 Å². The first kappa shape index (κ1) is 33.6. The van der Waals surface area contributed by atoms with Crippen molar-refractivity contribution >= 4 is 62.7 Å². The number of amides is 1. The lowest BCUT2D eigenvalue weighted by atomic mass is 9.97. The molecule has 7 rings (SSSR count). The van der Waals surface area contributed by atoms with Gasteiger partial charge in [-0.05, 0) is 94.5 Å². The van der Waals surface area contributed by atoms with Crippen molar-refractivity contribution < 1.29 is 19.4 Å². The summed E-state index contributed by atoms with van der Waals surface area (Å²) in [5.41, 5.74) is 9.07. The van der Waals surface area contributed by atoms with Crippen LogP contribution in [0.25, 0.3) is 33.1 Å². The van der Waals surface area contributed by atoms with Crippen molar-refractivity contribution in [1.29, 1.82) is 0 Å². The highest BCUT2D eigenvalue weighted by Gasteiger charge is 2.37. The van der Waals surface area contributed by atoms with Crippen molar-refractivity contribution in [2.24, 2.45) is 7.05 Å². The van der Waals surface area contributed by atoms with E-state index in [9.17, 15) is 14.7 Å². The third-order valence-corrected chi connectivity index (χ3v) is 10.5. The molecule has 0 bridgehead atoms. The van der Waals surface area contributed by atoms with Crippen molar-refractivity contribution in [3.05, 3.63) is 98.4 Å². The van der Waals surface area contributed by atoms with E-state index in [1.165, 1.54) is 6.07 Å². The molecule has 5 heterocycles. The fourth-order valence-corrected chi connectivity index (χ4v) is 7.67. The van der Waals surface area contributed by atoms with Crippen LogP contribution in [-0.4, -0.2) is 54.2 Å². The molecule has 6 aromatic rings. The van der Waals surface area contributed by atoms with Gasteiger partial charge < -0.3 is 23.9 Å². The van der Waals surface area contributed by atoms with Crippen LogP contribution in [0.5, 0.6) is 5.75 Å². The lowest BCUT2D eigenvalue weighted by Gasteiger charge is -2.34. The second-order valence-corrected chi connectivity index (χ2v) is 13.8. The number of fused-ring (bicyclic) bond motifs is 4. The average molecular weight is 712 g/mol. The minimum atomic E-state index is -1.13. The molecule has 2 aromatic carbocycles. The van der Waals surface area contributed by atoms with Crippen LogP contribution >= 0.6 is 23.2 Å². The largest absolute Gasteiger partial charge is 0.494 e. The summed E-state index contributed by atoms with van der Waals surface area (Å²) in [4.78, 5) is 41.9. The van der Waals surface area contributed by atoms with Crippen LogP contribution in [0.2, 0.25) is 10.0 Å². The molecule has 0 saturated carbocycles. The van der Waals surface area contributed by atoms with E-state index in [-0.39, 0.29) is 17.6 Å². The molecule has 256 valence electrons. The summed E-state index contributed by atoms with van der Waals surface area (Å²) in [7, 11) is 1.86. The SMILES string of the molecule is Cc1cc(OCCCc2c3n(c4c(-c5c(C)ncnc5C)c(Cl)ccc24)[C@H](C)CN(c2cn(C)c4ccc(C(=O)O)nc24)C3=O)cc(C)c1Cl. The van der Waals surface area contributed by atoms with Crippen LogP contribution in [0.4, 0.5) is 5.69 Å². The number of aryl methyl sites for hydroxylation is 6. The van der Waals surface area contributed by atoms with E-state index in [0.717, 1.165) is 66.4 Å². The number of rotatable bonds is 8. The number of pyridine rings is 1. The minimum Gasteiger partial charge on any atom is -0.494 e. The third-order valence-electron chi connectivity index (χ3n) is 9.60. The highest BCUT2D eigenvalue weighted by Crippen LogP contribution is 2.45. The molecule has 0 aliphatic carbocycles. The van der Waals surface area contributed by atoms with Crippen molar-refractivity contribution in [2.75, 3.05) is 18.1 Å². The molecule has 0 radical (unpaired) electrons. The molecular weight excluding hydrogens is 675 g/mol.